The SMILES string of the molecule is CC1CCCC(C)N1C(=O)CSc1n[nH]c(-c2ccc(Cl)cc2)n1. The van der Waals surface area contributed by atoms with Crippen LogP contribution in [0.1, 0.15) is 33.1 Å². The maximum atomic E-state index is 12.5. The summed E-state index contributed by atoms with van der Waals surface area (Å²) in [7, 11) is 0. The summed E-state index contributed by atoms with van der Waals surface area (Å²) >= 11 is 7.27. The summed E-state index contributed by atoms with van der Waals surface area (Å²) in [5, 5.41) is 8.38. The second-order valence-corrected chi connectivity index (χ2v) is 7.57. The molecule has 128 valence electrons. The lowest BCUT2D eigenvalue weighted by Gasteiger charge is -2.39. The number of likely N-dealkylation sites (tertiary alicyclic amines) is 1. The maximum absolute atomic E-state index is 12.5. The summed E-state index contributed by atoms with van der Waals surface area (Å²) in [6.07, 6.45) is 3.37. The third-order valence-electron chi connectivity index (χ3n) is 4.39. The van der Waals surface area contributed by atoms with Gasteiger partial charge in [-0.3, -0.25) is 9.89 Å². The molecule has 0 aliphatic carbocycles. The Bertz CT molecular complexity index is 693. The van der Waals surface area contributed by atoms with Crippen molar-refractivity contribution in [3.8, 4) is 11.4 Å². The molecule has 2 heterocycles. The number of amides is 1. The highest BCUT2D eigenvalue weighted by molar-refractivity contribution is 7.99. The second-order valence-electron chi connectivity index (χ2n) is 6.19. The maximum Gasteiger partial charge on any atom is 0.233 e. The van der Waals surface area contributed by atoms with Crippen molar-refractivity contribution < 1.29 is 4.79 Å². The van der Waals surface area contributed by atoms with Gasteiger partial charge in [0.25, 0.3) is 0 Å². The standard InChI is InChI=1S/C17H21ClN4OS/c1-11-4-3-5-12(2)22(11)15(23)10-24-17-19-16(20-21-17)13-6-8-14(18)9-7-13/h6-9,11-12H,3-5,10H2,1-2H3,(H,19,20,21). The van der Waals surface area contributed by atoms with Gasteiger partial charge in [0.05, 0.1) is 5.75 Å². The highest BCUT2D eigenvalue weighted by Gasteiger charge is 2.28. The number of carbonyl (C=O) groups excluding carboxylic acids is 1. The van der Waals surface area contributed by atoms with Crippen LogP contribution in [0.2, 0.25) is 5.02 Å². The van der Waals surface area contributed by atoms with E-state index in [4.69, 9.17) is 11.6 Å². The fourth-order valence-electron chi connectivity index (χ4n) is 3.16. The summed E-state index contributed by atoms with van der Waals surface area (Å²) in [6, 6.07) is 8.04. The predicted molar refractivity (Wildman–Crippen MR) is 97.2 cm³/mol. The Morgan fingerprint density at radius 3 is 2.62 bits per heavy atom. The van der Waals surface area contributed by atoms with E-state index in [9.17, 15) is 4.79 Å². The number of halogens is 1. The number of carbonyl (C=O) groups is 1. The second kappa shape index (κ2) is 7.57. The van der Waals surface area contributed by atoms with Gasteiger partial charge in [-0.25, -0.2) is 4.98 Å². The number of H-pyrrole nitrogens is 1. The van der Waals surface area contributed by atoms with Crippen LogP contribution in [-0.4, -0.2) is 43.8 Å². The van der Waals surface area contributed by atoms with Gasteiger partial charge in [0, 0.05) is 22.7 Å². The minimum absolute atomic E-state index is 0.164. The molecular weight excluding hydrogens is 344 g/mol. The largest absolute Gasteiger partial charge is 0.337 e. The zero-order valence-electron chi connectivity index (χ0n) is 13.8. The molecule has 2 unspecified atom stereocenters. The van der Waals surface area contributed by atoms with Gasteiger partial charge in [-0.05, 0) is 57.4 Å². The number of aromatic nitrogens is 3. The van der Waals surface area contributed by atoms with Gasteiger partial charge in [-0.15, -0.1) is 5.10 Å². The van der Waals surface area contributed by atoms with E-state index in [1.165, 1.54) is 18.2 Å². The van der Waals surface area contributed by atoms with Crippen LogP contribution in [-0.2, 0) is 4.79 Å². The molecule has 1 amide bonds. The Morgan fingerprint density at radius 2 is 1.96 bits per heavy atom. The fraction of sp³-hybridized carbons (Fsp3) is 0.471. The highest BCUT2D eigenvalue weighted by Crippen LogP contribution is 2.25. The van der Waals surface area contributed by atoms with Crippen molar-refractivity contribution in [1.29, 1.82) is 0 Å². The summed E-state index contributed by atoms with van der Waals surface area (Å²) in [5.41, 5.74) is 0.920. The van der Waals surface area contributed by atoms with Crippen molar-refractivity contribution in [2.75, 3.05) is 5.75 Å². The van der Waals surface area contributed by atoms with Gasteiger partial charge in [-0.1, -0.05) is 23.4 Å². The molecule has 3 rings (SSSR count). The first-order chi connectivity index (χ1) is 11.5. The summed E-state index contributed by atoms with van der Waals surface area (Å²) in [4.78, 5) is 19.0. The third kappa shape index (κ3) is 3.92. The molecule has 1 aliphatic heterocycles. The summed E-state index contributed by atoms with van der Waals surface area (Å²) in [5.74, 6) is 1.21. The topological polar surface area (TPSA) is 61.9 Å². The molecule has 1 aliphatic rings. The Labute approximate surface area is 151 Å². The Balaban J connectivity index is 1.61. The van der Waals surface area contributed by atoms with Crippen molar-refractivity contribution in [1.82, 2.24) is 20.1 Å². The van der Waals surface area contributed by atoms with Crippen LogP contribution in [0.4, 0.5) is 0 Å². The van der Waals surface area contributed by atoms with Crippen LogP contribution < -0.4 is 0 Å². The molecule has 0 radical (unpaired) electrons. The van der Waals surface area contributed by atoms with Crippen LogP contribution in [0.25, 0.3) is 11.4 Å². The molecule has 1 N–H and O–H groups in total. The smallest absolute Gasteiger partial charge is 0.233 e. The molecule has 1 aromatic carbocycles. The quantitative estimate of drug-likeness (QED) is 0.833. The Morgan fingerprint density at radius 1 is 1.29 bits per heavy atom. The minimum Gasteiger partial charge on any atom is -0.337 e. The molecule has 1 fully saturated rings. The molecular formula is C17H21ClN4OS. The van der Waals surface area contributed by atoms with Gasteiger partial charge in [0.15, 0.2) is 5.82 Å². The minimum atomic E-state index is 0.164. The monoisotopic (exact) mass is 364 g/mol. The molecule has 2 aromatic rings. The number of thioether (sulfide) groups is 1. The van der Waals surface area contributed by atoms with E-state index < -0.39 is 0 Å². The van der Waals surface area contributed by atoms with Crippen molar-refractivity contribution in [3.63, 3.8) is 0 Å². The van der Waals surface area contributed by atoms with Gasteiger partial charge >= 0.3 is 0 Å². The van der Waals surface area contributed by atoms with Gasteiger partial charge in [0.1, 0.15) is 0 Å². The molecule has 2 atom stereocenters. The van der Waals surface area contributed by atoms with Crippen LogP contribution in [0.5, 0.6) is 0 Å². The average Bonchev–Trinajstić information content (AvgIpc) is 3.02. The van der Waals surface area contributed by atoms with E-state index in [-0.39, 0.29) is 5.91 Å². The summed E-state index contributed by atoms with van der Waals surface area (Å²) < 4.78 is 0. The predicted octanol–water partition coefficient (Wildman–Crippen LogP) is 4.01. The lowest BCUT2D eigenvalue weighted by molar-refractivity contribution is -0.134. The molecule has 1 aromatic heterocycles. The van der Waals surface area contributed by atoms with E-state index >= 15 is 0 Å². The van der Waals surface area contributed by atoms with Crippen molar-refractivity contribution in [2.24, 2.45) is 0 Å². The number of hydrogen-bond acceptors (Lipinski definition) is 4. The zero-order valence-corrected chi connectivity index (χ0v) is 15.4. The van der Waals surface area contributed by atoms with E-state index in [2.05, 4.69) is 29.0 Å². The number of benzene rings is 1. The molecule has 0 saturated carbocycles. The number of piperidine rings is 1. The van der Waals surface area contributed by atoms with Crippen LogP contribution in [0.3, 0.4) is 0 Å². The normalized spacial score (nSPS) is 21.0. The first-order valence-electron chi connectivity index (χ1n) is 8.17. The van der Waals surface area contributed by atoms with Crippen molar-refractivity contribution in [2.45, 2.75) is 50.4 Å². The Hall–Kier alpha value is -1.53. The first-order valence-corrected chi connectivity index (χ1v) is 9.53. The van der Waals surface area contributed by atoms with E-state index in [1.807, 2.05) is 29.2 Å². The molecule has 1 saturated heterocycles. The highest BCUT2D eigenvalue weighted by atomic mass is 35.5. The molecule has 24 heavy (non-hydrogen) atoms. The van der Waals surface area contributed by atoms with Crippen molar-refractivity contribution in [3.05, 3.63) is 29.3 Å². The number of nitrogens with zero attached hydrogens (tertiary/aromatic N) is 3. The summed E-state index contributed by atoms with van der Waals surface area (Å²) in [6.45, 7) is 4.26. The van der Waals surface area contributed by atoms with Crippen LogP contribution in [0.15, 0.2) is 29.4 Å². The van der Waals surface area contributed by atoms with Crippen LogP contribution >= 0.6 is 23.4 Å². The molecule has 0 spiro atoms. The fourth-order valence-corrected chi connectivity index (χ4v) is 3.96. The van der Waals surface area contributed by atoms with Gasteiger partial charge in [-0.2, -0.15) is 0 Å². The third-order valence-corrected chi connectivity index (χ3v) is 5.47. The van der Waals surface area contributed by atoms with E-state index in [0.29, 0.717) is 33.8 Å². The van der Waals surface area contributed by atoms with Gasteiger partial charge < -0.3 is 4.90 Å². The number of hydrogen-bond donors (Lipinski definition) is 1. The number of nitrogens with one attached hydrogen (secondary N) is 1. The molecule has 0 bridgehead atoms. The van der Waals surface area contributed by atoms with Crippen LogP contribution in [0, 0.1) is 0 Å². The molecule has 7 heteroatoms. The first kappa shape index (κ1) is 17.3. The number of rotatable bonds is 4. The van der Waals surface area contributed by atoms with E-state index in [0.717, 1.165) is 18.4 Å². The average molecular weight is 365 g/mol. The van der Waals surface area contributed by atoms with Crippen molar-refractivity contribution >= 4 is 29.3 Å². The van der Waals surface area contributed by atoms with E-state index in [1.54, 1.807) is 0 Å². The lowest BCUT2D eigenvalue weighted by Crippen LogP contribution is -2.48. The van der Waals surface area contributed by atoms with Gasteiger partial charge in [0.2, 0.25) is 11.1 Å². The molecule has 5 nitrogen and oxygen atoms in total. The lowest BCUT2D eigenvalue weighted by atomic mass is 9.98. The Kier molecular flexibility index (Phi) is 5.46. The number of aromatic amines is 1. The zero-order chi connectivity index (χ0) is 17.1.